The Morgan fingerprint density at radius 3 is 1.77 bits per heavy atom. The molecule has 114 valence electrons. The summed E-state index contributed by atoms with van der Waals surface area (Å²) >= 11 is 3.55. The van der Waals surface area contributed by atoms with Crippen LogP contribution in [0, 0.1) is 0 Å². The van der Waals surface area contributed by atoms with Crippen LogP contribution in [-0.2, 0) is 15.0 Å². The SMILES string of the molecule is CCC(c1ccccc1)C(C(=O)I)(C(=O)I)c1ccccc1. The molecule has 0 bridgehead atoms. The highest BCUT2D eigenvalue weighted by Gasteiger charge is 2.50. The van der Waals surface area contributed by atoms with Crippen molar-refractivity contribution >= 4 is 52.8 Å². The van der Waals surface area contributed by atoms with Crippen molar-refractivity contribution in [2.24, 2.45) is 0 Å². The molecule has 2 aromatic rings. The quantitative estimate of drug-likeness (QED) is 0.305. The lowest BCUT2D eigenvalue weighted by molar-refractivity contribution is -0.124. The van der Waals surface area contributed by atoms with Crippen LogP contribution in [0.2, 0.25) is 0 Å². The van der Waals surface area contributed by atoms with Crippen molar-refractivity contribution in [2.75, 3.05) is 0 Å². The number of hydrogen-bond donors (Lipinski definition) is 0. The topological polar surface area (TPSA) is 34.1 Å². The van der Waals surface area contributed by atoms with Crippen LogP contribution in [0.25, 0.3) is 0 Å². The monoisotopic (exact) mass is 518 g/mol. The van der Waals surface area contributed by atoms with Gasteiger partial charge in [0.2, 0.25) is 7.58 Å². The molecule has 2 aromatic carbocycles. The van der Waals surface area contributed by atoms with Crippen LogP contribution in [0.15, 0.2) is 60.7 Å². The predicted octanol–water partition coefficient (Wildman–Crippen LogP) is 5.04. The molecule has 0 aliphatic carbocycles. The van der Waals surface area contributed by atoms with E-state index in [2.05, 4.69) is 0 Å². The molecule has 0 aliphatic rings. The molecule has 0 radical (unpaired) electrons. The van der Waals surface area contributed by atoms with E-state index in [-0.39, 0.29) is 13.5 Å². The Balaban J connectivity index is 2.72. The molecule has 1 unspecified atom stereocenters. The third kappa shape index (κ3) is 3.13. The largest absolute Gasteiger partial charge is 0.286 e. The summed E-state index contributed by atoms with van der Waals surface area (Å²) in [5, 5.41) is 0. The Kier molecular flexibility index (Phi) is 6.14. The minimum atomic E-state index is -1.14. The second-order valence-electron chi connectivity index (χ2n) is 5.09. The van der Waals surface area contributed by atoms with Gasteiger partial charge in [0.25, 0.3) is 0 Å². The first-order valence-electron chi connectivity index (χ1n) is 7.05. The van der Waals surface area contributed by atoms with Crippen LogP contribution >= 0.6 is 45.2 Å². The van der Waals surface area contributed by atoms with Gasteiger partial charge in [0.1, 0.15) is 5.41 Å². The maximum Gasteiger partial charge on any atom is 0.211 e. The number of carbonyl (C=O) groups is 2. The second kappa shape index (κ2) is 7.68. The first-order chi connectivity index (χ1) is 10.5. The van der Waals surface area contributed by atoms with E-state index in [0.717, 1.165) is 11.1 Å². The van der Waals surface area contributed by atoms with E-state index >= 15 is 0 Å². The summed E-state index contributed by atoms with van der Waals surface area (Å²) in [7, 11) is 0. The lowest BCUT2D eigenvalue weighted by Gasteiger charge is -2.35. The Hall–Kier alpha value is -0.760. The van der Waals surface area contributed by atoms with E-state index < -0.39 is 5.41 Å². The molecule has 22 heavy (non-hydrogen) atoms. The third-order valence-electron chi connectivity index (χ3n) is 3.98. The lowest BCUT2D eigenvalue weighted by Crippen LogP contribution is -2.44. The number of hydrogen-bond acceptors (Lipinski definition) is 2. The average Bonchev–Trinajstić information content (AvgIpc) is 2.53. The highest BCUT2D eigenvalue weighted by Crippen LogP contribution is 2.45. The van der Waals surface area contributed by atoms with Crippen LogP contribution < -0.4 is 0 Å². The second-order valence-corrected chi connectivity index (χ2v) is 7.05. The minimum absolute atomic E-state index is 0.133. The number of benzene rings is 2. The molecule has 0 N–H and O–H groups in total. The summed E-state index contributed by atoms with van der Waals surface area (Å²) in [6.07, 6.45) is 0.711. The van der Waals surface area contributed by atoms with Crippen molar-refractivity contribution in [3.05, 3.63) is 71.8 Å². The van der Waals surface area contributed by atoms with Gasteiger partial charge < -0.3 is 0 Å². The summed E-state index contributed by atoms with van der Waals surface area (Å²) in [5.41, 5.74) is 0.645. The standard InChI is InChI=1S/C18H16I2O2/c1-2-15(13-9-5-3-6-10-13)18(16(19)21,17(20)22)14-11-7-4-8-12-14/h3-12,15H,2H2,1H3. The van der Waals surface area contributed by atoms with Crippen LogP contribution in [0.3, 0.4) is 0 Å². The lowest BCUT2D eigenvalue weighted by atomic mass is 9.68. The van der Waals surface area contributed by atoms with Crippen LogP contribution in [-0.4, -0.2) is 7.58 Å². The summed E-state index contributed by atoms with van der Waals surface area (Å²) < 4.78 is -0.266. The molecule has 0 aliphatic heterocycles. The van der Waals surface area contributed by atoms with E-state index in [1.165, 1.54) is 0 Å². The molecule has 0 saturated heterocycles. The smallest absolute Gasteiger partial charge is 0.211 e. The number of rotatable bonds is 6. The van der Waals surface area contributed by atoms with E-state index in [9.17, 15) is 9.59 Å². The Morgan fingerprint density at radius 1 is 0.909 bits per heavy atom. The fourth-order valence-corrected chi connectivity index (χ4v) is 5.34. The van der Waals surface area contributed by atoms with Gasteiger partial charge in [0, 0.05) is 51.1 Å². The summed E-state index contributed by atoms with van der Waals surface area (Å²) in [4.78, 5) is 25.3. The van der Waals surface area contributed by atoms with E-state index in [1.807, 2.05) is 67.6 Å². The first kappa shape index (κ1) is 17.6. The molecule has 0 heterocycles. The average molecular weight is 518 g/mol. The highest BCUT2D eigenvalue weighted by molar-refractivity contribution is 14.1. The summed E-state index contributed by atoms with van der Waals surface area (Å²) in [5.74, 6) is -0.176. The summed E-state index contributed by atoms with van der Waals surface area (Å²) in [6.45, 7) is 2.02. The molecule has 0 spiro atoms. The van der Waals surface area contributed by atoms with E-state index in [4.69, 9.17) is 0 Å². The van der Waals surface area contributed by atoms with Crippen LogP contribution in [0.5, 0.6) is 0 Å². The molecule has 0 fully saturated rings. The zero-order chi connectivity index (χ0) is 16.2. The van der Waals surface area contributed by atoms with Gasteiger partial charge in [0.15, 0.2) is 0 Å². The van der Waals surface area contributed by atoms with Crippen molar-refractivity contribution < 1.29 is 9.59 Å². The van der Waals surface area contributed by atoms with Gasteiger partial charge in [-0.05, 0) is 17.5 Å². The molecule has 1 atom stereocenters. The van der Waals surface area contributed by atoms with Crippen molar-refractivity contribution in [3.8, 4) is 0 Å². The van der Waals surface area contributed by atoms with Gasteiger partial charge in [0.05, 0.1) is 0 Å². The van der Waals surface area contributed by atoms with Crippen LogP contribution in [0.4, 0.5) is 0 Å². The van der Waals surface area contributed by atoms with Crippen molar-refractivity contribution in [1.29, 1.82) is 0 Å². The molecule has 0 amide bonds. The highest BCUT2D eigenvalue weighted by atomic mass is 127. The summed E-state index contributed by atoms with van der Waals surface area (Å²) in [6, 6.07) is 19.2. The molecular weight excluding hydrogens is 502 g/mol. The molecule has 4 heteroatoms. The molecule has 2 rings (SSSR count). The van der Waals surface area contributed by atoms with E-state index in [1.54, 1.807) is 45.2 Å². The van der Waals surface area contributed by atoms with E-state index in [0.29, 0.717) is 6.42 Å². The normalized spacial score (nSPS) is 12.7. The van der Waals surface area contributed by atoms with Gasteiger partial charge >= 0.3 is 0 Å². The van der Waals surface area contributed by atoms with Crippen molar-refractivity contribution in [2.45, 2.75) is 24.7 Å². The molecule has 0 aromatic heterocycles. The zero-order valence-electron chi connectivity index (χ0n) is 12.1. The van der Waals surface area contributed by atoms with Gasteiger partial charge in [-0.2, -0.15) is 0 Å². The minimum Gasteiger partial charge on any atom is -0.286 e. The fraction of sp³-hybridized carbons (Fsp3) is 0.222. The van der Waals surface area contributed by atoms with Crippen molar-refractivity contribution in [3.63, 3.8) is 0 Å². The van der Waals surface area contributed by atoms with Crippen LogP contribution in [0.1, 0.15) is 30.4 Å². The maximum absolute atomic E-state index is 12.6. The number of halogens is 2. The van der Waals surface area contributed by atoms with Gasteiger partial charge in [-0.3, -0.25) is 9.59 Å². The Labute approximate surface area is 158 Å². The molecule has 0 saturated carbocycles. The van der Waals surface area contributed by atoms with Gasteiger partial charge in [-0.15, -0.1) is 0 Å². The molecule has 2 nitrogen and oxygen atoms in total. The zero-order valence-corrected chi connectivity index (χ0v) is 16.4. The Morgan fingerprint density at radius 2 is 1.36 bits per heavy atom. The van der Waals surface area contributed by atoms with Gasteiger partial charge in [-0.25, -0.2) is 0 Å². The maximum atomic E-state index is 12.6. The molecular formula is C18H16I2O2. The first-order valence-corrected chi connectivity index (χ1v) is 9.21. The predicted molar refractivity (Wildman–Crippen MR) is 106 cm³/mol. The fourth-order valence-electron chi connectivity index (χ4n) is 2.96. The third-order valence-corrected chi connectivity index (χ3v) is 5.68. The number of carbonyl (C=O) groups excluding carboxylic acids is 2. The van der Waals surface area contributed by atoms with Crippen molar-refractivity contribution in [1.82, 2.24) is 0 Å². The Bertz CT molecular complexity index is 639. The van der Waals surface area contributed by atoms with Gasteiger partial charge in [-0.1, -0.05) is 67.6 Å².